The van der Waals surface area contributed by atoms with Gasteiger partial charge in [-0.2, -0.15) is 0 Å². The molecule has 1 saturated carbocycles. The number of rotatable bonds is 1. The summed E-state index contributed by atoms with van der Waals surface area (Å²) >= 11 is 0. The Bertz CT molecular complexity index is 169. The first-order valence-corrected chi connectivity index (χ1v) is 4.00. The lowest BCUT2D eigenvalue weighted by Crippen LogP contribution is -2.34. The van der Waals surface area contributed by atoms with Crippen molar-refractivity contribution in [2.75, 3.05) is 7.05 Å². The Morgan fingerprint density at radius 3 is 2.82 bits per heavy atom. The molecular weight excluding hydrogens is 142 g/mol. The molecule has 1 atom stereocenters. The molecule has 62 valence electrons. The Morgan fingerprint density at radius 1 is 1.55 bits per heavy atom. The highest BCUT2D eigenvalue weighted by Crippen LogP contribution is 2.20. The standard InChI is InChI=1S/C8H13NO2/c1-9-8(11)6-4-2-3-5-7(6)10/h6H,2-5H2,1H3,(H,9,11). The fourth-order valence-electron chi connectivity index (χ4n) is 1.43. The van der Waals surface area contributed by atoms with Crippen LogP contribution < -0.4 is 5.32 Å². The molecule has 11 heavy (non-hydrogen) atoms. The molecule has 1 N–H and O–H groups in total. The van der Waals surface area contributed by atoms with Gasteiger partial charge in [0.05, 0.1) is 5.92 Å². The Balaban J connectivity index is 2.54. The summed E-state index contributed by atoms with van der Waals surface area (Å²) in [4.78, 5) is 22.2. The van der Waals surface area contributed by atoms with Crippen LogP contribution in [0.1, 0.15) is 25.7 Å². The quantitative estimate of drug-likeness (QED) is 0.560. The highest BCUT2D eigenvalue weighted by Gasteiger charge is 2.27. The van der Waals surface area contributed by atoms with Crippen molar-refractivity contribution < 1.29 is 9.59 Å². The molecule has 3 heteroatoms. The molecule has 0 aromatic heterocycles. The van der Waals surface area contributed by atoms with Crippen LogP contribution in [0.4, 0.5) is 0 Å². The third-order valence-corrected chi connectivity index (χ3v) is 2.12. The van der Waals surface area contributed by atoms with E-state index in [-0.39, 0.29) is 17.6 Å². The maximum absolute atomic E-state index is 11.1. The highest BCUT2D eigenvalue weighted by atomic mass is 16.2. The summed E-state index contributed by atoms with van der Waals surface area (Å²) in [6.45, 7) is 0. The molecule has 0 aromatic carbocycles. The number of hydrogen-bond donors (Lipinski definition) is 1. The molecule has 0 heterocycles. The zero-order chi connectivity index (χ0) is 8.27. The van der Waals surface area contributed by atoms with Crippen LogP contribution in [0, 0.1) is 5.92 Å². The van der Waals surface area contributed by atoms with Crippen LogP contribution >= 0.6 is 0 Å². The van der Waals surface area contributed by atoms with E-state index in [9.17, 15) is 9.59 Å². The Morgan fingerprint density at radius 2 is 2.27 bits per heavy atom. The van der Waals surface area contributed by atoms with Crippen molar-refractivity contribution in [3.8, 4) is 0 Å². The molecule has 1 fully saturated rings. The SMILES string of the molecule is CNC(=O)C1CCCCC1=O. The molecule has 1 amide bonds. The van der Waals surface area contributed by atoms with Crippen LogP contribution in [0.5, 0.6) is 0 Å². The third kappa shape index (κ3) is 1.79. The lowest BCUT2D eigenvalue weighted by Gasteiger charge is -2.18. The number of ketones is 1. The second kappa shape index (κ2) is 3.51. The summed E-state index contributed by atoms with van der Waals surface area (Å²) in [5.41, 5.74) is 0. The van der Waals surface area contributed by atoms with E-state index < -0.39 is 0 Å². The van der Waals surface area contributed by atoms with Crippen molar-refractivity contribution >= 4 is 11.7 Å². The summed E-state index contributed by atoms with van der Waals surface area (Å²) in [5.74, 6) is -0.362. The normalized spacial score (nSPS) is 24.8. The van der Waals surface area contributed by atoms with Gasteiger partial charge in [0, 0.05) is 13.5 Å². The predicted octanol–water partition coefficient (Wildman–Crippen LogP) is 0.492. The maximum atomic E-state index is 11.1. The average Bonchev–Trinajstić information content (AvgIpc) is 2.04. The number of carbonyl (C=O) groups is 2. The van der Waals surface area contributed by atoms with E-state index in [0.717, 1.165) is 19.3 Å². The van der Waals surface area contributed by atoms with E-state index in [4.69, 9.17) is 0 Å². The fraction of sp³-hybridized carbons (Fsp3) is 0.750. The van der Waals surface area contributed by atoms with Crippen molar-refractivity contribution in [1.29, 1.82) is 0 Å². The van der Waals surface area contributed by atoms with Crippen molar-refractivity contribution in [2.24, 2.45) is 5.92 Å². The Kier molecular flexibility index (Phi) is 2.63. The first-order chi connectivity index (χ1) is 5.25. The minimum Gasteiger partial charge on any atom is -0.359 e. The molecule has 0 spiro atoms. The number of Topliss-reactive ketones (excluding diaryl/α,β-unsaturated/α-hetero) is 1. The molecule has 1 aliphatic carbocycles. The first-order valence-electron chi connectivity index (χ1n) is 4.00. The van der Waals surface area contributed by atoms with Gasteiger partial charge < -0.3 is 5.32 Å². The lowest BCUT2D eigenvalue weighted by atomic mass is 9.87. The molecule has 3 nitrogen and oxygen atoms in total. The minimum absolute atomic E-state index is 0.107. The van der Waals surface area contributed by atoms with Gasteiger partial charge in [0.15, 0.2) is 0 Å². The smallest absolute Gasteiger partial charge is 0.230 e. The molecule has 0 saturated heterocycles. The summed E-state index contributed by atoms with van der Waals surface area (Å²) in [5, 5.41) is 2.51. The Hall–Kier alpha value is -0.860. The van der Waals surface area contributed by atoms with Gasteiger partial charge in [-0.15, -0.1) is 0 Å². The van der Waals surface area contributed by atoms with Crippen LogP contribution in [0.15, 0.2) is 0 Å². The van der Waals surface area contributed by atoms with E-state index >= 15 is 0 Å². The molecule has 0 radical (unpaired) electrons. The molecule has 1 unspecified atom stereocenters. The second-order valence-electron chi connectivity index (χ2n) is 2.88. The second-order valence-corrected chi connectivity index (χ2v) is 2.88. The first kappa shape index (κ1) is 8.24. The number of nitrogens with one attached hydrogen (secondary N) is 1. The topological polar surface area (TPSA) is 46.2 Å². The molecule has 0 bridgehead atoms. The third-order valence-electron chi connectivity index (χ3n) is 2.12. The van der Waals surface area contributed by atoms with Crippen LogP contribution in [0.3, 0.4) is 0 Å². The minimum atomic E-state index is -0.353. The largest absolute Gasteiger partial charge is 0.359 e. The molecule has 0 aromatic rings. The summed E-state index contributed by atoms with van der Waals surface area (Å²) < 4.78 is 0. The van der Waals surface area contributed by atoms with Crippen LogP contribution in [-0.2, 0) is 9.59 Å². The van der Waals surface area contributed by atoms with Crippen LogP contribution in [0.25, 0.3) is 0 Å². The predicted molar refractivity (Wildman–Crippen MR) is 41.0 cm³/mol. The lowest BCUT2D eigenvalue weighted by molar-refractivity contribution is -0.135. The van der Waals surface area contributed by atoms with Crippen molar-refractivity contribution in [1.82, 2.24) is 5.32 Å². The monoisotopic (exact) mass is 155 g/mol. The molecule has 1 rings (SSSR count). The zero-order valence-electron chi connectivity index (χ0n) is 6.72. The number of hydrogen-bond acceptors (Lipinski definition) is 2. The van der Waals surface area contributed by atoms with Gasteiger partial charge in [0.1, 0.15) is 5.78 Å². The molecule has 1 aliphatic rings. The van der Waals surface area contributed by atoms with Gasteiger partial charge in [-0.05, 0) is 12.8 Å². The zero-order valence-corrected chi connectivity index (χ0v) is 6.72. The van der Waals surface area contributed by atoms with Gasteiger partial charge in [-0.1, -0.05) is 6.42 Å². The summed E-state index contributed by atoms with van der Waals surface area (Å²) in [6, 6.07) is 0. The van der Waals surface area contributed by atoms with Gasteiger partial charge in [-0.3, -0.25) is 9.59 Å². The van der Waals surface area contributed by atoms with Crippen LogP contribution in [-0.4, -0.2) is 18.7 Å². The molecule has 0 aliphatic heterocycles. The number of amides is 1. The van der Waals surface area contributed by atoms with Gasteiger partial charge in [0.2, 0.25) is 5.91 Å². The Labute approximate surface area is 66.2 Å². The van der Waals surface area contributed by atoms with Gasteiger partial charge >= 0.3 is 0 Å². The van der Waals surface area contributed by atoms with Gasteiger partial charge in [-0.25, -0.2) is 0 Å². The fourth-order valence-corrected chi connectivity index (χ4v) is 1.43. The van der Waals surface area contributed by atoms with E-state index in [0.29, 0.717) is 6.42 Å². The highest BCUT2D eigenvalue weighted by molar-refractivity contribution is 6.01. The van der Waals surface area contributed by atoms with Crippen molar-refractivity contribution in [3.63, 3.8) is 0 Å². The van der Waals surface area contributed by atoms with Crippen LogP contribution in [0.2, 0.25) is 0 Å². The van der Waals surface area contributed by atoms with E-state index in [1.54, 1.807) is 7.05 Å². The number of carbonyl (C=O) groups excluding carboxylic acids is 2. The van der Waals surface area contributed by atoms with E-state index in [1.807, 2.05) is 0 Å². The maximum Gasteiger partial charge on any atom is 0.230 e. The average molecular weight is 155 g/mol. The molecular formula is C8H13NO2. The summed E-state index contributed by atoms with van der Waals surface area (Å²) in [6.07, 6.45) is 3.27. The van der Waals surface area contributed by atoms with Gasteiger partial charge in [0.25, 0.3) is 0 Å². The van der Waals surface area contributed by atoms with Crippen molar-refractivity contribution in [3.05, 3.63) is 0 Å². The summed E-state index contributed by atoms with van der Waals surface area (Å²) in [7, 11) is 1.57. The van der Waals surface area contributed by atoms with E-state index in [2.05, 4.69) is 5.32 Å². The van der Waals surface area contributed by atoms with E-state index in [1.165, 1.54) is 0 Å². The van der Waals surface area contributed by atoms with Crippen molar-refractivity contribution in [2.45, 2.75) is 25.7 Å².